The molecule has 1 aliphatic rings. The Hall–Kier alpha value is 1.05. The van der Waals surface area contributed by atoms with Crippen molar-refractivity contribution < 1.29 is 8.39 Å². The molecule has 12 heteroatoms. The summed E-state index contributed by atoms with van der Waals surface area (Å²) in [5.74, 6) is 0. The Morgan fingerprint density at radius 2 is 1.19 bits per heavy atom. The topological polar surface area (TPSA) is 43.6 Å². The van der Waals surface area contributed by atoms with E-state index in [0.717, 1.165) is 0 Å². The van der Waals surface area contributed by atoms with Gasteiger partial charge in [0.1, 0.15) is 0 Å². The van der Waals surface area contributed by atoms with Crippen molar-refractivity contribution in [2.45, 2.75) is 0 Å². The Labute approximate surface area is 103 Å². The van der Waals surface area contributed by atoms with Gasteiger partial charge >= 0.3 is 7.83 Å². The SMILES string of the molecule is CN(C)[P@@]1(Cl)=NP(F)(F)=N[P@](Cl)(N(C)C)=N1. The van der Waals surface area contributed by atoms with Gasteiger partial charge in [0, 0.05) is 0 Å². The van der Waals surface area contributed by atoms with Gasteiger partial charge in [-0.1, -0.05) is 0 Å². The highest BCUT2D eigenvalue weighted by Crippen LogP contribution is 2.83. The van der Waals surface area contributed by atoms with Crippen molar-refractivity contribution in [1.82, 2.24) is 9.34 Å². The fourth-order valence-electron chi connectivity index (χ4n) is 0.792. The average Bonchev–Trinajstić information content (AvgIpc) is 1.98. The highest BCUT2D eigenvalue weighted by molar-refractivity contribution is 8.02. The van der Waals surface area contributed by atoms with Gasteiger partial charge in [-0.25, -0.2) is 9.34 Å². The Balaban J connectivity index is 3.56. The summed E-state index contributed by atoms with van der Waals surface area (Å²) in [5, 5.41) is 0. The molecule has 1 heterocycles. The molecule has 0 amide bonds. The van der Waals surface area contributed by atoms with Crippen molar-refractivity contribution in [3.05, 3.63) is 0 Å². The zero-order chi connectivity index (χ0) is 12.8. The first-order valence-corrected chi connectivity index (χ1v) is 10.6. The van der Waals surface area contributed by atoms with Gasteiger partial charge < -0.3 is 0 Å². The predicted octanol–water partition coefficient (Wildman–Crippen LogP) is 5.38. The summed E-state index contributed by atoms with van der Waals surface area (Å²) >= 11 is 12.1. The fourth-order valence-corrected chi connectivity index (χ4v) is 11.6. The highest BCUT2D eigenvalue weighted by Gasteiger charge is 2.38. The van der Waals surface area contributed by atoms with Crippen LogP contribution in [0.4, 0.5) is 8.39 Å². The van der Waals surface area contributed by atoms with Gasteiger partial charge in [0.25, 0.3) is 0 Å². The molecule has 5 nitrogen and oxygen atoms in total. The first-order valence-electron chi connectivity index (χ1n) is 4.06. The van der Waals surface area contributed by atoms with E-state index < -0.39 is 21.2 Å². The summed E-state index contributed by atoms with van der Waals surface area (Å²) in [5.41, 5.74) is 0. The van der Waals surface area contributed by atoms with Crippen LogP contribution < -0.4 is 0 Å². The van der Waals surface area contributed by atoms with Crippen LogP contribution in [0.25, 0.3) is 0 Å². The molecule has 1 aliphatic heterocycles. The second-order valence-corrected chi connectivity index (χ2v) is 12.8. The summed E-state index contributed by atoms with van der Waals surface area (Å²) in [6, 6.07) is 0. The molecule has 0 aromatic heterocycles. The van der Waals surface area contributed by atoms with Gasteiger partial charge in [0.05, 0.1) is 0 Å². The van der Waals surface area contributed by atoms with Crippen molar-refractivity contribution in [1.29, 1.82) is 0 Å². The Kier molecular flexibility index (Phi) is 4.36. The van der Waals surface area contributed by atoms with E-state index in [0.29, 0.717) is 0 Å². The molecule has 0 unspecified atom stereocenters. The van der Waals surface area contributed by atoms with Gasteiger partial charge in [0.2, 0.25) is 13.4 Å². The lowest BCUT2D eigenvalue weighted by Gasteiger charge is -2.29. The van der Waals surface area contributed by atoms with Crippen molar-refractivity contribution in [3.8, 4) is 0 Å². The third-order valence-corrected chi connectivity index (χ3v) is 13.3. The van der Waals surface area contributed by atoms with Crippen LogP contribution in [-0.2, 0) is 0 Å². The molecule has 0 aliphatic carbocycles. The molecular weight excluding hydrogens is 320 g/mol. The quantitative estimate of drug-likeness (QED) is 0.637. The summed E-state index contributed by atoms with van der Waals surface area (Å²) in [4.78, 5) is 0. The Morgan fingerprint density at radius 3 is 1.56 bits per heavy atom. The maximum absolute atomic E-state index is 13.5. The number of nitrogens with zero attached hydrogens (tertiary/aromatic N) is 5. The maximum Gasteiger partial charge on any atom is 0.421 e. The van der Waals surface area contributed by atoms with E-state index in [1.165, 1.54) is 9.34 Å². The van der Waals surface area contributed by atoms with Crippen LogP contribution in [0.1, 0.15) is 0 Å². The number of hydrogen-bond acceptors (Lipinski definition) is 5. The van der Waals surface area contributed by atoms with E-state index in [-0.39, 0.29) is 0 Å². The van der Waals surface area contributed by atoms with Crippen LogP contribution in [0, 0.1) is 0 Å². The minimum atomic E-state index is -4.78. The summed E-state index contributed by atoms with van der Waals surface area (Å²) < 4.78 is 40.3. The molecular formula is C4H12Cl2F2N5P3. The molecule has 0 bridgehead atoms. The van der Waals surface area contributed by atoms with Gasteiger partial charge in [-0.05, 0) is 50.7 Å². The molecule has 0 saturated heterocycles. The van der Waals surface area contributed by atoms with E-state index in [1.807, 2.05) is 0 Å². The third-order valence-electron chi connectivity index (χ3n) is 1.69. The van der Waals surface area contributed by atoms with Crippen LogP contribution in [0.3, 0.4) is 0 Å². The largest absolute Gasteiger partial charge is 0.421 e. The van der Waals surface area contributed by atoms with E-state index in [4.69, 9.17) is 22.5 Å². The summed E-state index contributed by atoms with van der Waals surface area (Å²) in [7, 11) is 1.43. The van der Waals surface area contributed by atoms with E-state index in [1.54, 1.807) is 28.2 Å². The molecule has 96 valence electrons. The lowest BCUT2D eigenvalue weighted by Crippen LogP contribution is -2.07. The Bertz CT molecular complexity index is 441. The normalized spacial score (nSPS) is 37.9. The van der Waals surface area contributed by atoms with Crippen LogP contribution >= 0.6 is 43.7 Å². The maximum atomic E-state index is 13.5. The molecule has 0 spiro atoms. The molecule has 16 heavy (non-hydrogen) atoms. The molecule has 1 rings (SSSR count). The lowest BCUT2D eigenvalue weighted by atomic mass is 11.3. The number of halogens is 4. The van der Waals surface area contributed by atoms with Gasteiger partial charge in [-0.2, -0.15) is 13.5 Å². The minimum absolute atomic E-state index is 1.39. The lowest BCUT2D eigenvalue weighted by molar-refractivity contribution is 0.661. The molecule has 0 saturated carbocycles. The summed E-state index contributed by atoms with van der Waals surface area (Å²) in [6.45, 7) is -6.19. The molecule has 0 fully saturated rings. The third kappa shape index (κ3) is 3.08. The fraction of sp³-hybridized carbons (Fsp3) is 1.00. The minimum Gasteiger partial charge on any atom is -0.246 e. The molecule has 0 aromatic rings. The second-order valence-electron chi connectivity index (χ2n) is 3.41. The monoisotopic (exact) mass is 331 g/mol. The van der Waals surface area contributed by atoms with E-state index in [2.05, 4.69) is 13.5 Å². The standard InChI is InChI=1S/C4H12Cl2F2N5P3/c1-12(2)14(5)9-15(6,13(3)4)11-16(7,8)10-14/h1-4H3/t14-,15-/m1/s1. The summed E-state index contributed by atoms with van der Waals surface area (Å²) in [6.07, 6.45) is 0. The highest BCUT2D eigenvalue weighted by atomic mass is 35.7. The first-order chi connectivity index (χ1) is 7.01. The molecule has 2 atom stereocenters. The van der Waals surface area contributed by atoms with Crippen LogP contribution in [0.2, 0.25) is 0 Å². The number of hydrogen-bond donors (Lipinski definition) is 0. The predicted molar refractivity (Wildman–Crippen MR) is 69.3 cm³/mol. The molecule has 0 radical (unpaired) electrons. The first kappa shape index (κ1) is 15.1. The molecule has 0 aromatic carbocycles. The van der Waals surface area contributed by atoms with Crippen molar-refractivity contribution in [2.24, 2.45) is 13.5 Å². The second kappa shape index (κ2) is 4.62. The zero-order valence-electron chi connectivity index (χ0n) is 9.09. The van der Waals surface area contributed by atoms with Crippen LogP contribution in [-0.4, -0.2) is 37.5 Å². The zero-order valence-corrected chi connectivity index (χ0v) is 13.3. The number of rotatable bonds is 2. The van der Waals surface area contributed by atoms with Gasteiger partial charge in [-0.15, -0.1) is 8.39 Å². The van der Waals surface area contributed by atoms with E-state index >= 15 is 0 Å². The average molecular weight is 332 g/mol. The van der Waals surface area contributed by atoms with Gasteiger partial charge in [0.15, 0.2) is 0 Å². The van der Waals surface area contributed by atoms with Crippen LogP contribution in [0.15, 0.2) is 13.5 Å². The van der Waals surface area contributed by atoms with Crippen molar-refractivity contribution >= 4 is 43.7 Å². The van der Waals surface area contributed by atoms with Crippen molar-refractivity contribution in [3.63, 3.8) is 0 Å². The molecule has 0 N–H and O–H groups in total. The van der Waals surface area contributed by atoms with Crippen molar-refractivity contribution in [2.75, 3.05) is 28.2 Å². The van der Waals surface area contributed by atoms with Crippen LogP contribution in [0.5, 0.6) is 0 Å². The Morgan fingerprint density at radius 1 is 0.812 bits per heavy atom. The van der Waals surface area contributed by atoms with E-state index in [9.17, 15) is 8.39 Å². The smallest absolute Gasteiger partial charge is 0.246 e. The van der Waals surface area contributed by atoms with Gasteiger partial charge in [-0.3, -0.25) is 0 Å².